The number of fused-ring (bicyclic) bond motifs is 6. The lowest BCUT2D eigenvalue weighted by atomic mass is 9.77. The molecule has 3 aromatic rings. The largest absolute Gasteiger partial charge is 0.493 e. The molecule has 3 atom stereocenters. The second-order valence-electron chi connectivity index (χ2n) is 8.09. The van der Waals surface area contributed by atoms with Crippen molar-refractivity contribution >= 4 is 10.9 Å². The average Bonchev–Trinajstić information content (AvgIpc) is 3.23. The molecule has 7 heteroatoms. The van der Waals surface area contributed by atoms with Crippen LogP contribution in [-0.4, -0.2) is 37.5 Å². The fourth-order valence-electron chi connectivity index (χ4n) is 5.17. The van der Waals surface area contributed by atoms with E-state index in [9.17, 15) is 9.90 Å². The quantitative estimate of drug-likeness (QED) is 0.669. The zero-order chi connectivity index (χ0) is 21.9. The Morgan fingerprint density at radius 3 is 2.55 bits per heavy atom. The Balaban J connectivity index is 1.82. The molecule has 7 nitrogen and oxygen atoms in total. The van der Waals surface area contributed by atoms with Crippen LogP contribution in [-0.2, 0) is 10.3 Å². The summed E-state index contributed by atoms with van der Waals surface area (Å²) in [7, 11) is 4.62. The third-order valence-electron chi connectivity index (χ3n) is 6.59. The van der Waals surface area contributed by atoms with Crippen molar-refractivity contribution in [2.45, 2.75) is 37.6 Å². The van der Waals surface area contributed by atoms with Crippen molar-refractivity contribution in [3.8, 4) is 17.2 Å². The van der Waals surface area contributed by atoms with Gasteiger partial charge in [-0.1, -0.05) is 12.1 Å². The average molecular weight is 423 g/mol. The highest BCUT2D eigenvalue weighted by Gasteiger charge is 2.52. The summed E-state index contributed by atoms with van der Waals surface area (Å²) in [4.78, 5) is 16.6. The van der Waals surface area contributed by atoms with Crippen LogP contribution < -0.4 is 19.6 Å². The third kappa shape index (κ3) is 2.63. The van der Waals surface area contributed by atoms with Crippen LogP contribution >= 0.6 is 0 Å². The molecule has 0 spiro atoms. The Labute approximate surface area is 179 Å². The SMILES string of the molecule is COc1ccc([C@@]2(O)c3ccc4[nH]c(C)c(OC)c(=O)c4c3[C@@H]3CC[C@H]2O3)cc1OC. The molecule has 0 radical (unpaired) electrons. The van der Waals surface area contributed by atoms with Gasteiger partial charge in [-0.2, -0.15) is 0 Å². The minimum atomic E-state index is -1.43. The van der Waals surface area contributed by atoms with Crippen molar-refractivity contribution in [2.75, 3.05) is 21.3 Å². The predicted molar refractivity (Wildman–Crippen MR) is 115 cm³/mol. The van der Waals surface area contributed by atoms with Gasteiger partial charge in [0.25, 0.3) is 0 Å². The maximum atomic E-state index is 13.3. The van der Waals surface area contributed by atoms with E-state index in [-0.39, 0.29) is 17.3 Å². The molecule has 1 fully saturated rings. The molecule has 2 aliphatic rings. The zero-order valence-corrected chi connectivity index (χ0v) is 17.9. The highest BCUT2D eigenvalue weighted by Crippen LogP contribution is 2.54. The van der Waals surface area contributed by atoms with Crippen LogP contribution in [0.1, 0.15) is 41.3 Å². The van der Waals surface area contributed by atoms with E-state index >= 15 is 0 Å². The number of aromatic nitrogens is 1. The lowest BCUT2D eigenvalue weighted by Gasteiger charge is -2.40. The molecule has 31 heavy (non-hydrogen) atoms. The maximum absolute atomic E-state index is 13.3. The van der Waals surface area contributed by atoms with Gasteiger partial charge in [0.1, 0.15) is 5.60 Å². The number of pyridine rings is 1. The summed E-state index contributed by atoms with van der Waals surface area (Å²) in [5.41, 5.74) is 1.77. The van der Waals surface area contributed by atoms with Crippen LogP contribution in [0.25, 0.3) is 10.9 Å². The Morgan fingerprint density at radius 1 is 1.06 bits per heavy atom. The summed E-state index contributed by atoms with van der Waals surface area (Å²) in [5, 5.41) is 12.6. The zero-order valence-electron chi connectivity index (χ0n) is 17.9. The van der Waals surface area contributed by atoms with Crippen molar-refractivity contribution in [1.29, 1.82) is 0 Å². The van der Waals surface area contributed by atoms with Gasteiger partial charge in [-0.05, 0) is 49.1 Å². The minimum absolute atomic E-state index is 0.200. The Morgan fingerprint density at radius 2 is 1.84 bits per heavy atom. The smallest absolute Gasteiger partial charge is 0.231 e. The molecule has 2 bridgehead atoms. The second-order valence-corrected chi connectivity index (χ2v) is 8.09. The molecule has 2 aliphatic heterocycles. The monoisotopic (exact) mass is 423 g/mol. The molecule has 1 saturated heterocycles. The first-order chi connectivity index (χ1) is 14.9. The molecular formula is C24H25NO6. The molecule has 2 aromatic carbocycles. The molecule has 3 heterocycles. The van der Waals surface area contributed by atoms with Gasteiger partial charge in [0.05, 0.1) is 50.1 Å². The molecule has 2 N–H and O–H groups in total. The summed E-state index contributed by atoms with van der Waals surface area (Å²) in [6.45, 7) is 1.81. The molecule has 5 rings (SSSR count). The molecule has 0 saturated carbocycles. The first-order valence-corrected chi connectivity index (χ1v) is 10.3. The van der Waals surface area contributed by atoms with E-state index in [0.29, 0.717) is 45.6 Å². The van der Waals surface area contributed by atoms with Crippen molar-refractivity contribution < 1.29 is 24.1 Å². The van der Waals surface area contributed by atoms with Crippen molar-refractivity contribution in [1.82, 2.24) is 4.98 Å². The Kier molecular flexibility index (Phi) is 4.50. The van der Waals surface area contributed by atoms with Gasteiger partial charge in [0, 0.05) is 5.56 Å². The molecule has 1 aromatic heterocycles. The lowest BCUT2D eigenvalue weighted by molar-refractivity contribution is -0.101. The van der Waals surface area contributed by atoms with Crippen LogP contribution in [0, 0.1) is 6.92 Å². The van der Waals surface area contributed by atoms with Gasteiger partial charge in [-0.3, -0.25) is 4.79 Å². The standard InChI is InChI=1S/C24H25NO6/c1-12-23(30-4)22(26)21-15(25-12)7-6-14-20(21)17-9-10-19(31-17)24(14,27)13-5-8-16(28-2)18(11-13)29-3/h5-8,11,17,19,27H,9-10H2,1-4H3,(H,25,26)/t17-,19+,24+/m0/s1. The summed E-state index contributed by atoms with van der Waals surface area (Å²) in [5.74, 6) is 1.37. The number of hydrogen-bond acceptors (Lipinski definition) is 6. The number of benzene rings is 2. The predicted octanol–water partition coefficient (Wildman–Crippen LogP) is 3.33. The van der Waals surface area contributed by atoms with Gasteiger partial charge in [-0.25, -0.2) is 0 Å². The number of aryl methyl sites for hydroxylation is 1. The fraction of sp³-hybridized carbons (Fsp3) is 0.375. The first-order valence-electron chi connectivity index (χ1n) is 10.3. The van der Waals surface area contributed by atoms with E-state index in [4.69, 9.17) is 18.9 Å². The highest BCUT2D eigenvalue weighted by atomic mass is 16.5. The number of methoxy groups -OCH3 is 3. The summed E-state index contributed by atoms with van der Waals surface area (Å²) < 4.78 is 22.5. The van der Waals surface area contributed by atoms with Crippen LogP contribution in [0.5, 0.6) is 17.2 Å². The van der Waals surface area contributed by atoms with Crippen LogP contribution in [0.4, 0.5) is 0 Å². The summed E-state index contributed by atoms with van der Waals surface area (Å²) in [6.07, 6.45) is 0.721. The van der Waals surface area contributed by atoms with Crippen molar-refractivity contribution in [3.05, 3.63) is 62.9 Å². The van der Waals surface area contributed by atoms with Gasteiger partial charge in [-0.15, -0.1) is 0 Å². The van der Waals surface area contributed by atoms with Crippen molar-refractivity contribution in [2.24, 2.45) is 0 Å². The number of ether oxygens (including phenoxy) is 4. The van der Waals surface area contributed by atoms with Crippen molar-refractivity contribution in [3.63, 3.8) is 0 Å². The van der Waals surface area contributed by atoms with E-state index < -0.39 is 11.7 Å². The van der Waals surface area contributed by atoms with Gasteiger partial charge in [0.2, 0.25) is 5.43 Å². The van der Waals surface area contributed by atoms with Gasteiger partial charge in [0.15, 0.2) is 17.2 Å². The van der Waals surface area contributed by atoms with Crippen LogP contribution in [0.15, 0.2) is 35.1 Å². The highest BCUT2D eigenvalue weighted by molar-refractivity contribution is 5.86. The topological polar surface area (TPSA) is 90.0 Å². The number of nitrogens with one attached hydrogen (secondary N) is 1. The minimum Gasteiger partial charge on any atom is -0.493 e. The first kappa shape index (κ1) is 19.9. The number of H-pyrrole nitrogens is 1. The normalized spacial score (nSPS) is 24.2. The Bertz CT molecular complexity index is 1250. The van der Waals surface area contributed by atoms with E-state index in [0.717, 1.165) is 12.0 Å². The lowest BCUT2D eigenvalue weighted by Crippen LogP contribution is -2.44. The van der Waals surface area contributed by atoms with E-state index in [2.05, 4.69) is 4.98 Å². The maximum Gasteiger partial charge on any atom is 0.231 e. The molecule has 0 unspecified atom stereocenters. The number of rotatable bonds is 4. The third-order valence-corrected chi connectivity index (χ3v) is 6.59. The molecule has 0 aliphatic carbocycles. The van der Waals surface area contributed by atoms with Gasteiger partial charge >= 0.3 is 0 Å². The summed E-state index contributed by atoms with van der Waals surface area (Å²) >= 11 is 0. The Hall–Kier alpha value is -3.03. The van der Waals surface area contributed by atoms with E-state index in [1.807, 2.05) is 18.2 Å². The number of aromatic amines is 1. The molecule has 162 valence electrons. The van der Waals surface area contributed by atoms with E-state index in [1.54, 1.807) is 33.3 Å². The van der Waals surface area contributed by atoms with Crippen LogP contribution in [0.3, 0.4) is 0 Å². The molecule has 0 amide bonds. The van der Waals surface area contributed by atoms with E-state index in [1.165, 1.54) is 7.11 Å². The second kappa shape index (κ2) is 7.00. The van der Waals surface area contributed by atoms with Gasteiger partial charge < -0.3 is 29.0 Å². The fourth-order valence-corrected chi connectivity index (χ4v) is 5.17. The summed E-state index contributed by atoms with van der Waals surface area (Å²) in [6, 6.07) is 9.10. The van der Waals surface area contributed by atoms with Crippen LogP contribution in [0.2, 0.25) is 0 Å². The molecular weight excluding hydrogens is 398 g/mol. The number of hydrogen-bond donors (Lipinski definition) is 2. The number of aliphatic hydroxyl groups is 1.